The van der Waals surface area contributed by atoms with Crippen LogP contribution in [0.25, 0.3) is 0 Å². The number of anilines is 1. The van der Waals surface area contributed by atoms with Crippen LogP contribution < -0.4 is 4.90 Å². The summed E-state index contributed by atoms with van der Waals surface area (Å²) in [4.78, 5) is 26.7. The Hall–Kier alpha value is -1.88. The number of nitrogens with zero attached hydrogens (tertiary/aromatic N) is 2. The van der Waals surface area contributed by atoms with E-state index < -0.39 is 0 Å². The van der Waals surface area contributed by atoms with Crippen LogP contribution in [0, 0.1) is 0 Å². The van der Waals surface area contributed by atoms with Crippen molar-refractivity contribution in [3.05, 3.63) is 30.3 Å². The molecule has 0 spiro atoms. The van der Waals surface area contributed by atoms with Gasteiger partial charge in [-0.25, -0.2) is 0 Å². The number of aliphatic hydroxyl groups excluding tert-OH is 1. The van der Waals surface area contributed by atoms with E-state index >= 15 is 0 Å². The molecule has 0 radical (unpaired) electrons. The van der Waals surface area contributed by atoms with E-state index in [1.807, 2.05) is 30.3 Å². The van der Waals surface area contributed by atoms with E-state index in [2.05, 4.69) is 0 Å². The lowest BCUT2D eigenvalue weighted by Crippen LogP contribution is -2.30. The van der Waals surface area contributed by atoms with Crippen molar-refractivity contribution in [2.75, 3.05) is 32.1 Å². The van der Waals surface area contributed by atoms with Crippen LogP contribution in [0.5, 0.6) is 0 Å². The van der Waals surface area contributed by atoms with Crippen LogP contribution in [0.1, 0.15) is 19.3 Å². The van der Waals surface area contributed by atoms with E-state index in [0.717, 1.165) is 5.69 Å². The van der Waals surface area contributed by atoms with Gasteiger partial charge in [0.2, 0.25) is 11.8 Å². The fourth-order valence-corrected chi connectivity index (χ4v) is 1.82. The summed E-state index contributed by atoms with van der Waals surface area (Å²) < 4.78 is 0. The van der Waals surface area contributed by atoms with E-state index in [4.69, 9.17) is 5.11 Å². The molecule has 1 N–H and O–H groups in total. The van der Waals surface area contributed by atoms with Gasteiger partial charge in [-0.3, -0.25) is 9.59 Å². The van der Waals surface area contributed by atoms with Crippen LogP contribution in [-0.2, 0) is 9.59 Å². The summed E-state index contributed by atoms with van der Waals surface area (Å²) >= 11 is 0. The van der Waals surface area contributed by atoms with Crippen LogP contribution in [0.2, 0.25) is 0 Å². The highest BCUT2D eigenvalue weighted by molar-refractivity contribution is 5.92. The average Bonchev–Trinajstić information content (AvgIpc) is 2.47. The molecule has 5 heteroatoms. The highest BCUT2D eigenvalue weighted by Gasteiger charge is 2.12. The summed E-state index contributed by atoms with van der Waals surface area (Å²) in [6, 6.07) is 9.41. The molecule has 0 aliphatic carbocycles. The van der Waals surface area contributed by atoms with Gasteiger partial charge in [-0.2, -0.15) is 0 Å². The van der Waals surface area contributed by atoms with Gasteiger partial charge in [0.15, 0.2) is 0 Å². The second kappa shape index (κ2) is 8.32. The SMILES string of the molecule is CN(CCO)C(=O)CCCC(=O)N(C)c1ccccc1. The average molecular weight is 278 g/mol. The van der Waals surface area contributed by atoms with Crippen LogP contribution in [-0.4, -0.2) is 49.1 Å². The molecular weight excluding hydrogens is 256 g/mol. The number of aliphatic hydroxyl groups is 1. The van der Waals surface area contributed by atoms with Gasteiger partial charge in [-0.05, 0) is 18.6 Å². The van der Waals surface area contributed by atoms with Crippen molar-refractivity contribution in [1.29, 1.82) is 0 Å². The van der Waals surface area contributed by atoms with E-state index in [1.54, 1.807) is 19.0 Å². The molecular formula is C15H22N2O3. The molecule has 0 atom stereocenters. The number of benzene rings is 1. The quantitative estimate of drug-likeness (QED) is 0.817. The zero-order valence-electron chi connectivity index (χ0n) is 12.1. The first-order chi connectivity index (χ1) is 9.56. The van der Waals surface area contributed by atoms with Gasteiger partial charge in [0, 0.05) is 39.2 Å². The van der Waals surface area contributed by atoms with Gasteiger partial charge >= 0.3 is 0 Å². The van der Waals surface area contributed by atoms with E-state index in [-0.39, 0.29) is 18.4 Å². The highest BCUT2D eigenvalue weighted by atomic mass is 16.3. The number of likely N-dealkylation sites (N-methyl/N-ethyl adjacent to an activating group) is 1. The third-order valence-corrected chi connectivity index (χ3v) is 3.16. The lowest BCUT2D eigenvalue weighted by molar-refractivity contribution is -0.130. The number of amides is 2. The number of hydrogen-bond donors (Lipinski definition) is 1. The standard InChI is InChI=1S/C15H22N2O3/c1-16(11-12-18)14(19)9-6-10-15(20)17(2)13-7-4-3-5-8-13/h3-5,7-8,18H,6,9-12H2,1-2H3. The van der Waals surface area contributed by atoms with Crippen molar-refractivity contribution in [1.82, 2.24) is 4.90 Å². The molecule has 110 valence electrons. The third kappa shape index (κ3) is 5.01. The molecule has 0 aliphatic heterocycles. The molecule has 0 saturated heterocycles. The first-order valence-corrected chi connectivity index (χ1v) is 6.72. The lowest BCUT2D eigenvalue weighted by Gasteiger charge is -2.18. The van der Waals surface area contributed by atoms with Crippen LogP contribution >= 0.6 is 0 Å². The second-order valence-electron chi connectivity index (χ2n) is 4.68. The molecule has 1 rings (SSSR count). The molecule has 0 heterocycles. The molecule has 2 amide bonds. The molecule has 1 aromatic rings. The summed E-state index contributed by atoms with van der Waals surface area (Å²) in [6.07, 6.45) is 1.18. The minimum Gasteiger partial charge on any atom is -0.395 e. The zero-order chi connectivity index (χ0) is 15.0. The largest absolute Gasteiger partial charge is 0.395 e. The Kier molecular flexibility index (Phi) is 6.73. The van der Waals surface area contributed by atoms with Gasteiger partial charge in [-0.15, -0.1) is 0 Å². The number of hydrogen-bond acceptors (Lipinski definition) is 3. The minimum absolute atomic E-state index is 0.00573. The van der Waals surface area contributed by atoms with Crippen LogP contribution in [0.3, 0.4) is 0 Å². The molecule has 0 aromatic heterocycles. The predicted molar refractivity (Wildman–Crippen MR) is 78.4 cm³/mol. The molecule has 1 aromatic carbocycles. The van der Waals surface area contributed by atoms with Crippen molar-refractivity contribution < 1.29 is 14.7 Å². The maximum Gasteiger partial charge on any atom is 0.226 e. The summed E-state index contributed by atoms with van der Waals surface area (Å²) in [5.41, 5.74) is 0.848. The van der Waals surface area contributed by atoms with Gasteiger partial charge < -0.3 is 14.9 Å². The van der Waals surface area contributed by atoms with Crippen LogP contribution in [0.4, 0.5) is 5.69 Å². The van der Waals surface area contributed by atoms with E-state index in [0.29, 0.717) is 25.8 Å². The first kappa shape index (κ1) is 16.2. The maximum atomic E-state index is 12.0. The Bertz CT molecular complexity index is 434. The molecule has 20 heavy (non-hydrogen) atoms. The van der Waals surface area contributed by atoms with Crippen molar-refractivity contribution >= 4 is 17.5 Å². The Morgan fingerprint density at radius 3 is 2.25 bits per heavy atom. The minimum atomic E-state index is -0.0470. The van der Waals surface area contributed by atoms with Gasteiger partial charge in [0.25, 0.3) is 0 Å². The summed E-state index contributed by atoms with van der Waals surface area (Å²) in [5, 5.41) is 8.74. The molecule has 5 nitrogen and oxygen atoms in total. The van der Waals surface area contributed by atoms with Crippen LogP contribution in [0.15, 0.2) is 30.3 Å². The summed E-state index contributed by atoms with van der Waals surface area (Å²) in [5.74, 6) is -0.0528. The summed E-state index contributed by atoms with van der Waals surface area (Å²) in [7, 11) is 3.38. The van der Waals surface area contributed by atoms with Gasteiger partial charge in [0.05, 0.1) is 6.61 Å². The fourth-order valence-electron chi connectivity index (χ4n) is 1.82. The maximum absolute atomic E-state index is 12.0. The molecule has 0 fully saturated rings. The number of carbonyl (C=O) groups excluding carboxylic acids is 2. The number of rotatable bonds is 7. The van der Waals surface area contributed by atoms with Gasteiger partial charge in [0.1, 0.15) is 0 Å². The van der Waals surface area contributed by atoms with Crippen molar-refractivity contribution in [3.8, 4) is 0 Å². The lowest BCUT2D eigenvalue weighted by atomic mass is 10.2. The Morgan fingerprint density at radius 1 is 1.05 bits per heavy atom. The molecule has 0 saturated carbocycles. The molecule has 0 unspecified atom stereocenters. The van der Waals surface area contributed by atoms with E-state index in [9.17, 15) is 9.59 Å². The first-order valence-electron chi connectivity index (χ1n) is 6.72. The monoisotopic (exact) mass is 278 g/mol. The Balaban J connectivity index is 2.35. The predicted octanol–water partition coefficient (Wildman–Crippen LogP) is 1.27. The van der Waals surface area contributed by atoms with Gasteiger partial charge in [-0.1, -0.05) is 18.2 Å². The second-order valence-corrected chi connectivity index (χ2v) is 4.68. The van der Waals surface area contributed by atoms with Crippen molar-refractivity contribution in [2.24, 2.45) is 0 Å². The number of carbonyl (C=O) groups is 2. The fraction of sp³-hybridized carbons (Fsp3) is 0.467. The van der Waals surface area contributed by atoms with E-state index in [1.165, 1.54) is 4.90 Å². The topological polar surface area (TPSA) is 60.9 Å². The highest BCUT2D eigenvalue weighted by Crippen LogP contribution is 2.13. The smallest absolute Gasteiger partial charge is 0.226 e. The zero-order valence-corrected chi connectivity index (χ0v) is 12.1. The molecule has 0 aliphatic rings. The Morgan fingerprint density at radius 2 is 1.65 bits per heavy atom. The summed E-state index contributed by atoms with van der Waals surface area (Å²) in [6.45, 7) is 0.286. The Labute approximate surface area is 119 Å². The van der Waals surface area contributed by atoms with Crippen molar-refractivity contribution in [2.45, 2.75) is 19.3 Å². The third-order valence-electron chi connectivity index (χ3n) is 3.16. The normalized spacial score (nSPS) is 10.2. The van der Waals surface area contributed by atoms with Crippen molar-refractivity contribution in [3.63, 3.8) is 0 Å². The molecule has 0 bridgehead atoms. The number of para-hydroxylation sites is 1.